The lowest BCUT2D eigenvalue weighted by Gasteiger charge is -2.19. The van der Waals surface area contributed by atoms with Gasteiger partial charge in [0.15, 0.2) is 4.34 Å². The zero-order valence-corrected chi connectivity index (χ0v) is 17.6. The van der Waals surface area contributed by atoms with Crippen LogP contribution in [0, 0.1) is 23.0 Å². The molecule has 150 valence electrons. The number of likely N-dealkylation sites (N-methyl/N-ethyl adjacent to an activating group) is 1. The summed E-state index contributed by atoms with van der Waals surface area (Å²) in [6.07, 6.45) is 0.463. The van der Waals surface area contributed by atoms with Gasteiger partial charge in [-0.2, -0.15) is 0 Å². The fourth-order valence-electron chi connectivity index (χ4n) is 2.48. The number of aromatic nitrogens is 1. The number of thiazole rings is 1. The van der Waals surface area contributed by atoms with E-state index in [1.165, 1.54) is 48.3 Å². The van der Waals surface area contributed by atoms with Crippen molar-refractivity contribution in [1.29, 1.82) is 0 Å². The van der Waals surface area contributed by atoms with E-state index in [9.17, 15) is 19.7 Å². The molecule has 0 radical (unpaired) electrons. The first-order valence-electron chi connectivity index (χ1n) is 8.62. The number of amides is 2. The van der Waals surface area contributed by atoms with Crippen molar-refractivity contribution in [3.8, 4) is 0 Å². The predicted molar refractivity (Wildman–Crippen MR) is 109 cm³/mol. The maximum atomic E-state index is 12.6. The normalized spacial score (nSPS) is 11.9. The number of hydrogen-bond donors (Lipinski definition) is 2. The third-order valence-electron chi connectivity index (χ3n) is 3.79. The van der Waals surface area contributed by atoms with E-state index in [-0.39, 0.29) is 23.1 Å². The first-order chi connectivity index (χ1) is 13.2. The number of nitrogens with one attached hydrogen (secondary N) is 2. The highest BCUT2D eigenvalue weighted by atomic mass is 32.2. The molecule has 0 fully saturated rings. The lowest BCUT2D eigenvalue weighted by molar-refractivity contribution is -0.387. The Kier molecular flexibility index (Phi) is 7.53. The van der Waals surface area contributed by atoms with Crippen LogP contribution in [-0.4, -0.2) is 34.8 Å². The second-order valence-electron chi connectivity index (χ2n) is 6.57. The largest absolute Gasteiger partial charge is 0.357 e. The van der Waals surface area contributed by atoms with Crippen LogP contribution in [0.1, 0.15) is 36.3 Å². The summed E-state index contributed by atoms with van der Waals surface area (Å²) in [6, 6.07) is 3.57. The van der Waals surface area contributed by atoms with Crippen LogP contribution in [0.15, 0.2) is 32.8 Å². The standard InChI is InChI=1S/C18H22N4O4S2/c1-10(2)7-13(17(24)19-4)21-16(23)12-5-6-15(14(8-12)22(25)26)28-18-20-11(3)9-27-18/h5-6,8-10,13H,7H2,1-4H3,(H,19,24)(H,21,23). The molecule has 8 nitrogen and oxygen atoms in total. The molecule has 0 aliphatic carbocycles. The maximum Gasteiger partial charge on any atom is 0.284 e. The molecule has 1 aromatic heterocycles. The second-order valence-corrected chi connectivity index (χ2v) is 8.71. The van der Waals surface area contributed by atoms with Gasteiger partial charge in [0.1, 0.15) is 6.04 Å². The lowest BCUT2D eigenvalue weighted by atomic mass is 10.0. The first-order valence-corrected chi connectivity index (χ1v) is 10.3. The molecule has 28 heavy (non-hydrogen) atoms. The average molecular weight is 423 g/mol. The van der Waals surface area contributed by atoms with Crippen molar-refractivity contribution in [2.45, 2.75) is 42.5 Å². The molecule has 2 amide bonds. The molecule has 0 spiro atoms. The van der Waals surface area contributed by atoms with Crippen LogP contribution >= 0.6 is 23.1 Å². The first kappa shape index (κ1) is 21.8. The molecule has 1 unspecified atom stereocenters. The molecule has 2 N–H and O–H groups in total. The van der Waals surface area contributed by atoms with Crippen molar-refractivity contribution >= 4 is 40.6 Å². The predicted octanol–water partition coefficient (Wildman–Crippen LogP) is 3.40. The van der Waals surface area contributed by atoms with Gasteiger partial charge >= 0.3 is 0 Å². The van der Waals surface area contributed by atoms with Crippen LogP contribution in [0.5, 0.6) is 0 Å². The average Bonchev–Trinajstić information content (AvgIpc) is 3.04. The molecule has 0 aliphatic rings. The monoisotopic (exact) mass is 422 g/mol. The van der Waals surface area contributed by atoms with Gasteiger partial charge in [0.2, 0.25) is 5.91 Å². The van der Waals surface area contributed by atoms with E-state index in [1.54, 1.807) is 0 Å². The van der Waals surface area contributed by atoms with Crippen LogP contribution in [0.4, 0.5) is 5.69 Å². The van der Waals surface area contributed by atoms with E-state index in [2.05, 4.69) is 15.6 Å². The third kappa shape index (κ3) is 5.77. The summed E-state index contributed by atoms with van der Waals surface area (Å²) in [5.74, 6) is -0.640. The zero-order chi connectivity index (χ0) is 20.8. The molecular formula is C18H22N4O4S2. The quantitative estimate of drug-likeness (QED) is 0.498. The molecule has 0 saturated carbocycles. The molecule has 0 bridgehead atoms. The van der Waals surface area contributed by atoms with E-state index in [0.29, 0.717) is 15.7 Å². The molecule has 0 saturated heterocycles. The summed E-state index contributed by atoms with van der Waals surface area (Å²) < 4.78 is 0.689. The van der Waals surface area contributed by atoms with Crippen molar-refractivity contribution in [3.05, 3.63) is 45.0 Å². The highest BCUT2D eigenvalue weighted by Crippen LogP contribution is 2.36. The van der Waals surface area contributed by atoms with E-state index in [0.717, 1.165) is 5.69 Å². The molecule has 0 aliphatic heterocycles. The SMILES string of the molecule is CNC(=O)C(CC(C)C)NC(=O)c1ccc(Sc2nc(C)cs2)c([N+](=O)[O-])c1. The zero-order valence-electron chi connectivity index (χ0n) is 16.0. The highest BCUT2D eigenvalue weighted by molar-refractivity contribution is 8.01. The Hall–Kier alpha value is -2.46. The van der Waals surface area contributed by atoms with Gasteiger partial charge in [-0.15, -0.1) is 11.3 Å². The molecule has 1 heterocycles. The van der Waals surface area contributed by atoms with Gasteiger partial charge in [0.05, 0.1) is 9.82 Å². The summed E-state index contributed by atoms with van der Waals surface area (Å²) >= 11 is 2.59. The fraction of sp³-hybridized carbons (Fsp3) is 0.389. The summed E-state index contributed by atoms with van der Waals surface area (Å²) in [4.78, 5) is 40.2. The number of hydrogen-bond acceptors (Lipinski definition) is 7. The van der Waals surface area contributed by atoms with Gasteiger partial charge < -0.3 is 10.6 Å². The van der Waals surface area contributed by atoms with Gasteiger partial charge in [0, 0.05) is 29.8 Å². The van der Waals surface area contributed by atoms with Gasteiger partial charge in [-0.1, -0.05) is 25.6 Å². The van der Waals surface area contributed by atoms with Gasteiger partial charge in [0.25, 0.3) is 11.6 Å². The van der Waals surface area contributed by atoms with E-state index >= 15 is 0 Å². The summed E-state index contributed by atoms with van der Waals surface area (Å²) in [5, 5.41) is 18.5. The van der Waals surface area contributed by atoms with Gasteiger partial charge in [-0.25, -0.2) is 4.98 Å². The van der Waals surface area contributed by atoms with Crippen LogP contribution in [0.2, 0.25) is 0 Å². The summed E-state index contributed by atoms with van der Waals surface area (Å²) in [6.45, 7) is 5.74. The minimum absolute atomic E-state index is 0.129. The number of benzene rings is 1. The van der Waals surface area contributed by atoms with E-state index in [1.807, 2.05) is 26.2 Å². The number of rotatable bonds is 8. The van der Waals surface area contributed by atoms with Crippen molar-refractivity contribution in [3.63, 3.8) is 0 Å². The molecule has 2 aromatic rings. The van der Waals surface area contributed by atoms with Crippen molar-refractivity contribution in [1.82, 2.24) is 15.6 Å². The number of aryl methyl sites for hydroxylation is 1. The Labute approximate surface area is 171 Å². The molecule has 1 aromatic carbocycles. The van der Waals surface area contributed by atoms with Gasteiger partial charge in [-0.05, 0) is 31.4 Å². The third-order valence-corrected chi connectivity index (χ3v) is 5.91. The lowest BCUT2D eigenvalue weighted by Crippen LogP contribution is -2.46. The van der Waals surface area contributed by atoms with Crippen LogP contribution in [-0.2, 0) is 4.79 Å². The van der Waals surface area contributed by atoms with E-state index in [4.69, 9.17) is 0 Å². The Bertz CT molecular complexity index is 882. The van der Waals surface area contributed by atoms with Crippen LogP contribution in [0.25, 0.3) is 0 Å². The van der Waals surface area contributed by atoms with Gasteiger partial charge in [-0.3, -0.25) is 19.7 Å². The highest BCUT2D eigenvalue weighted by Gasteiger charge is 2.24. The molecule has 2 rings (SSSR count). The van der Waals surface area contributed by atoms with Crippen molar-refractivity contribution in [2.75, 3.05) is 7.05 Å². The Morgan fingerprint density at radius 2 is 2.07 bits per heavy atom. The number of nitro benzene ring substituents is 1. The topological polar surface area (TPSA) is 114 Å². The Balaban J connectivity index is 2.25. The minimum atomic E-state index is -0.705. The van der Waals surface area contributed by atoms with Crippen molar-refractivity contribution < 1.29 is 14.5 Å². The van der Waals surface area contributed by atoms with Crippen molar-refractivity contribution in [2.24, 2.45) is 5.92 Å². The Morgan fingerprint density at radius 1 is 1.36 bits per heavy atom. The molecule has 1 atom stereocenters. The maximum absolute atomic E-state index is 12.6. The molecular weight excluding hydrogens is 400 g/mol. The number of nitrogens with zero attached hydrogens (tertiary/aromatic N) is 2. The minimum Gasteiger partial charge on any atom is -0.357 e. The Morgan fingerprint density at radius 3 is 2.61 bits per heavy atom. The van der Waals surface area contributed by atoms with Crippen LogP contribution < -0.4 is 10.6 Å². The molecule has 10 heteroatoms. The summed E-state index contributed by atoms with van der Waals surface area (Å²) in [7, 11) is 1.50. The van der Waals surface area contributed by atoms with E-state index < -0.39 is 16.9 Å². The summed E-state index contributed by atoms with van der Waals surface area (Å²) in [5.41, 5.74) is 0.798. The van der Waals surface area contributed by atoms with Crippen LogP contribution in [0.3, 0.4) is 0 Å². The number of carbonyl (C=O) groups is 2. The second kappa shape index (κ2) is 9.65. The fourth-order valence-corrected chi connectivity index (χ4v) is 4.36. The number of nitro groups is 1. The number of carbonyl (C=O) groups excluding carboxylic acids is 2. The smallest absolute Gasteiger partial charge is 0.284 e.